The number of rotatable bonds is 6. The Balaban J connectivity index is 2.07. The van der Waals surface area contributed by atoms with Gasteiger partial charge < -0.3 is 5.11 Å². The van der Waals surface area contributed by atoms with Crippen molar-refractivity contribution in [2.45, 2.75) is 18.6 Å². The van der Waals surface area contributed by atoms with Gasteiger partial charge in [-0.1, -0.05) is 36.0 Å². The fourth-order valence-corrected chi connectivity index (χ4v) is 4.10. The Morgan fingerprint density at radius 2 is 2.00 bits per heavy atom. The Morgan fingerprint density at radius 1 is 1.32 bits per heavy atom. The molecule has 1 fully saturated rings. The van der Waals surface area contributed by atoms with Gasteiger partial charge in [0.05, 0.1) is 17.8 Å². The third-order valence-corrected chi connectivity index (χ3v) is 5.60. The highest BCUT2D eigenvalue weighted by Gasteiger charge is 2.39. The van der Waals surface area contributed by atoms with Crippen molar-refractivity contribution in [2.24, 2.45) is 12.0 Å². The molecule has 1 atom stereocenters. The number of aromatic nitrogens is 2. The average molecular weight is 400 g/mol. The Kier molecular flexibility index (Phi) is 5.55. The summed E-state index contributed by atoms with van der Waals surface area (Å²) in [5, 5.41) is 8.58. The summed E-state index contributed by atoms with van der Waals surface area (Å²) in [6.07, 6.45) is 1.23. The molecule has 1 aliphatic heterocycles. The number of hydrogen-bond acceptors (Lipinski definition) is 5. The number of thioether (sulfide) groups is 1. The second-order valence-electron chi connectivity index (χ2n) is 6.25. The molecular formula is C19H20N4O4S. The van der Waals surface area contributed by atoms with E-state index in [0.29, 0.717) is 16.5 Å². The lowest BCUT2D eigenvalue weighted by Gasteiger charge is -2.13. The minimum Gasteiger partial charge on any atom is -0.481 e. The van der Waals surface area contributed by atoms with E-state index in [4.69, 9.17) is 5.11 Å². The number of carboxylic acids is 1. The Bertz CT molecular complexity index is 1020. The van der Waals surface area contributed by atoms with Crippen molar-refractivity contribution >= 4 is 34.5 Å². The van der Waals surface area contributed by atoms with Gasteiger partial charge in [0.2, 0.25) is 5.91 Å². The van der Waals surface area contributed by atoms with Crippen molar-refractivity contribution in [2.75, 3.05) is 6.54 Å². The minimum atomic E-state index is -1.06. The van der Waals surface area contributed by atoms with E-state index in [-0.39, 0.29) is 30.1 Å². The van der Waals surface area contributed by atoms with Crippen molar-refractivity contribution in [3.8, 4) is 5.69 Å². The molecule has 1 aromatic heterocycles. The number of para-hydroxylation sites is 1. The van der Waals surface area contributed by atoms with Crippen LogP contribution in [0.5, 0.6) is 0 Å². The predicted molar refractivity (Wildman–Crippen MR) is 108 cm³/mol. The van der Waals surface area contributed by atoms with Crippen molar-refractivity contribution in [1.82, 2.24) is 14.3 Å². The van der Waals surface area contributed by atoms with Crippen LogP contribution in [0.3, 0.4) is 0 Å². The number of aliphatic carboxylic acids is 1. The molecule has 1 aromatic carbocycles. The van der Waals surface area contributed by atoms with E-state index < -0.39 is 11.2 Å². The van der Waals surface area contributed by atoms with Crippen LogP contribution < -0.4 is 5.56 Å². The number of benzene rings is 1. The molecule has 2 aromatic rings. The Morgan fingerprint density at radius 3 is 2.61 bits per heavy atom. The zero-order valence-corrected chi connectivity index (χ0v) is 16.3. The van der Waals surface area contributed by atoms with Gasteiger partial charge in [0.15, 0.2) is 10.9 Å². The first kappa shape index (κ1) is 19.7. The lowest BCUT2D eigenvalue weighted by molar-refractivity contribution is -0.139. The Hall–Kier alpha value is -3.07. The van der Waals surface area contributed by atoms with E-state index in [1.807, 2.05) is 30.3 Å². The van der Waals surface area contributed by atoms with Crippen molar-refractivity contribution in [3.63, 3.8) is 0 Å². The highest BCUT2D eigenvalue weighted by Crippen LogP contribution is 2.31. The molecule has 1 saturated heterocycles. The molecule has 0 spiro atoms. The van der Waals surface area contributed by atoms with Crippen LogP contribution in [0.25, 0.3) is 5.69 Å². The third-order valence-electron chi connectivity index (χ3n) is 4.42. The maximum Gasteiger partial charge on any atom is 0.305 e. The molecule has 0 unspecified atom stereocenters. The molecule has 1 aliphatic rings. The van der Waals surface area contributed by atoms with Crippen LogP contribution in [0.2, 0.25) is 0 Å². The number of nitrogens with zero attached hydrogens (tertiary/aromatic N) is 4. The predicted octanol–water partition coefficient (Wildman–Crippen LogP) is 2.08. The molecule has 0 radical (unpaired) electrons. The van der Waals surface area contributed by atoms with Gasteiger partial charge in [-0.05, 0) is 19.1 Å². The zero-order valence-electron chi connectivity index (χ0n) is 15.5. The second kappa shape index (κ2) is 7.89. The number of carbonyl (C=O) groups excluding carboxylic acids is 1. The summed E-state index contributed by atoms with van der Waals surface area (Å²) >= 11 is 1.06. The highest BCUT2D eigenvalue weighted by atomic mass is 32.2. The summed E-state index contributed by atoms with van der Waals surface area (Å²) in [7, 11) is 1.76. The topological polar surface area (TPSA) is 96.9 Å². The first-order valence-corrected chi connectivity index (χ1v) is 9.46. The number of hydrogen-bond donors (Lipinski definition) is 1. The monoisotopic (exact) mass is 400 g/mol. The van der Waals surface area contributed by atoms with Gasteiger partial charge in [-0.15, -0.1) is 6.58 Å². The van der Waals surface area contributed by atoms with E-state index in [2.05, 4.69) is 11.6 Å². The van der Waals surface area contributed by atoms with Crippen LogP contribution >= 0.6 is 11.8 Å². The fourth-order valence-electron chi connectivity index (χ4n) is 2.96. The smallest absolute Gasteiger partial charge is 0.305 e. The molecule has 3 rings (SSSR count). The molecule has 1 amide bonds. The Labute approximate surface area is 165 Å². The molecule has 28 heavy (non-hydrogen) atoms. The first-order chi connectivity index (χ1) is 13.3. The van der Waals surface area contributed by atoms with Gasteiger partial charge in [0.1, 0.15) is 5.25 Å². The van der Waals surface area contributed by atoms with Crippen LogP contribution in [0.4, 0.5) is 5.69 Å². The van der Waals surface area contributed by atoms with Gasteiger partial charge in [-0.2, -0.15) is 0 Å². The number of amides is 1. The van der Waals surface area contributed by atoms with Crippen LogP contribution in [-0.4, -0.2) is 48.2 Å². The largest absolute Gasteiger partial charge is 0.481 e. The van der Waals surface area contributed by atoms with Gasteiger partial charge in [0, 0.05) is 13.6 Å². The first-order valence-electron chi connectivity index (χ1n) is 8.58. The molecule has 8 nitrogen and oxygen atoms in total. The molecule has 2 heterocycles. The van der Waals surface area contributed by atoms with Crippen LogP contribution in [0.1, 0.15) is 12.1 Å². The van der Waals surface area contributed by atoms with Crippen molar-refractivity contribution < 1.29 is 14.7 Å². The summed E-state index contributed by atoms with van der Waals surface area (Å²) in [5.74, 6) is -1.41. The third kappa shape index (κ3) is 3.53. The van der Waals surface area contributed by atoms with Gasteiger partial charge in [-0.25, -0.2) is 9.67 Å². The SMILES string of the molecule is C=CCN1C(=O)[C@@H](CC(=O)O)SC1=Nc1c(C)n(C)n(-c2ccccc2)c1=O. The van der Waals surface area contributed by atoms with Gasteiger partial charge >= 0.3 is 5.97 Å². The van der Waals surface area contributed by atoms with Crippen molar-refractivity contribution in [1.29, 1.82) is 0 Å². The average Bonchev–Trinajstić information content (AvgIpc) is 3.05. The maximum absolute atomic E-state index is 13.0. The van der Waals surface area contributed by atoms with E-state index in [1.165, 1.54) is 15.7 Å². The highest BCUT2D eigenvalue weighted by molar-refractivity contribution is 8.15. The zero-order chi connectivity index (χ0) is 20.4. The summed E-state index contributed by atoms with van der Waals surface area (Å²) in [6, 6.07) is 9.17. The number of amidine groups is 1. The quantitative estimate of drug-likeness (QED) is 0.749. The molecular weight excluding hydrogens is 380 g/mol. The normalized spacial score (nSPS) is 18.1. The van der Waals surface area contributed by atoms with Crippen LogP contribution in [0, 0.1) is 6.92 Å². The van der Waals surface area contributed by atoms with E-state index in [1.54, 1.807) is 18.7 Å². The molecule has 1 N–H and O–H groups in total. The maximum atomic E-state index is 13.0. The molecule has 0 saturated carbocycles. The van der Waals surface area contributed by atoms with E-state index in [9.17, 15) is 14.4 Å². The standard InChI is InChI=1S/C19H20N4O4S/c1-4-10-22-17(26)14(11-15(24)25)28-19(22)20-16-12(2)21(3)23(18(16)27)13-8-6-5-7-9-13/h4-9,14H,1,10-11H2,2-3H3,(H,24,25)/t14-/m1/s1. The molecule has 0 aliphatic carbocycles. The molecule has 146 valence electrons. The number of carboxylic acid groups (broad SMARTS) is 1. The van der Waals surface area contributed by atoms with E-state index in [0.717, 1.165) is 11.8 Å². The molecule has 9 heteroatoms. The fraction of sp³-hybridized carbons (Fsp3) is 0.263. The van der Waals surface area contributed by atoms with E-state index >= 15 is 0 Å². The van der Waals surface area contributed by atoms with Crippen LogP contribution in [-0.2, 0) is 16.6 Å². The summed E-state index contributed by atoms with van der Waals surface area (Å²) < 4.78 is 3.20. The van der Waals surface area contributed by atoms with Crippen LogP contribution in [0.15, 0.2) is 52.8 Å². The van der Waals surface area contributed by atoms with Gasteiger partial charge in [-0.3, -0.25) is 24.0 Å². The molecule has 0 bridgehead atoms. The summed E-state index contributed by atoms with van der Waals surface area (Å²) in [5.41, 5.74) is 1.24. The second-order valence-corrected chi connectivity index (χ2v) is 7.42. The van der Waals surface area contributed by atoms with Crippen molar-refractivity contribution in [3.05, 3.63) is 59.0 Å². The minimum absolute atomic E-state index is 0.194. The lowest BCUT2D eigenvalue weighted by atomic mass is 10.3. The summed E-state index contributed by atoms with van der Waals surface area (Å²) in [6.45, 7) is 5.60. The number of aliphatic imine (C=N–C) groups is 1. The lowest BCUT2D eigenvalue weighted by Crippen LogP contribution is -2.33. The van der Waals surface area contributed by atoms with Gasteiger partial charge in [0.25, 0.3) is 5.56 Å². The number of carbonyl (C=O) groups is 2. The summed E-state index contributed by atoms with van der Waals surface area (Å²) in [4.78, 5) is 42.4.